The first-order valence-corrected chi connectivity index (χ1v) is 6.42. The first-order valence-electron chi connectivity index (χ1n) is 6.42. The summed E-state index contributed by atoms with van der Waals surface area (Å²) in [5, 5.41) is 16.7. The first-order chi connectivity index (χ1) is 10.0. The van der Waals surface area contributed by atoms with Crippen molar-refractivity contribution in [2.75, 3.05) is 13.7 Å². The molecule has 0 spiro atoms. The van der Waals surface area contributed by atoms with E-state index in [1.165, 1.54) is 16.8 Å². The number of hydrogen-bond donors (Lipinski definition) is 1. The third-order valence-electron chi connectivity index (χ3n) is 3.21. The lowest BCUT2D eigenvalue weighted by molar-refractivity contribution is 0.0688. The number of methoxy groups -OCH3 is 1. The number of benzene rings is 1. The number of carboxylic acid groups (broad SMARTS) is 1. The lowest BCUT2D eigenvalue weighted by atomic mass is 10.1. The van der Waals surface area contributed by atoms with Crippen molar-refractivity contribution in [1.82, 2.24) is 15.0 Å². The highest BCUT2D eigenvalue weighted by Gasteiger charge is 2.19. The van der Waals surface area contributed by atoms with Gasteiger partial charge in [-0.2, -0.15) is 0 Å². The molecule has 1 N–H and O–H groups in total. The lowest BCUT2D eigenvalue weighted by Gasteiger charge is -2.09. The number of aromatic nitrogens is 3. The SMILES string of the molecule is COCCc1c(C(=O)O)nnn1Cc1ccc(F)cc1C. The number of carboxylic acids is 1. The van der Waals surface area contributed by atoms with Crippen molar-refractivity contribution >= 4 is 5.97 Å². The highest BCUT2D eigenvalue weighted by atomic mass is 19.1. The number of halogens is 1. The van der Waals surface area contributed by atoms with Gasteiger partial charge in [0.25, 0.3) is 0 Å². The summed E-state index contributed by atoms with van der Waals surface area (Å²) in [6, 6.07) is 4.46. The summed E-state index contributed by atoms with van der Waals surface area (Å²) in [6.45, 7) is 2.50. The molecule has 0 bridgehead atoms. The topological polar surface area (TPSA) is 77.2 Å². The summed E-state index contributed by atoms with van der Waals surface area (Å²) in [5.41, 5.74) is 2.05. The molecular weight excluding hydrogens is 277 g/mol. The minimum Gasteiger partial charge on any atom is -0.476 e. The Labute approximate surface area is 121 Å². The van der Waals surface area contributed by atoms with E-state index in [9.17, 15) is 9.18 Å². The predicted octanol–water partition coefficient (Wildman–Crippen LogP) is 1.66. The van der Waals surface area contributed by atoms with Gasteiger partial charge in [0.1, 0.15) is 5.82 Å². The molecule has 0 aliphatic carbocycles. The maximum Gasteiger partial charge on any atom is 0.358 e. The molecule has 112 valence electrons. The van der Waals surface area contributed by atoms with E-state index in [0.29, 0.717) is 25.3 Å². The van der Waals surface area contributed by atoms with E-state index in [1.54, 1.807) is 20.1 Å². The maximum absolute atomic E-state index is 13.1. The van der Waals surface area contributed by atoms with Crippen molar-refractivity contribution in [3.8, 4) is 0 Å². The van der Waals surface area contributed by atoms with Crippen LogP contribution >= 0.6 is 0 Å². The molecule has 1 heterocycles. The fourth-order valence-corrected chi connectivity index (χ4v) is 2.07. The Kier molecular flexibility index (Phi) is 4.64. The number of nitrogens with zero attached hydrogens (tertiary/aromatic N) is 3. The van der Waals surface area contributed by atoms with Crippen LogP contribution in [0.2, 0.25) is 0 Å². The van der Waals surface area contributed by atoms with Crippen LogP contribution in [0.4, 0.5) is 4.39 Å². The Hall–Kier alpha value is -2.28. The van der Waals surface area contributed by atoms with Crippen molar-refractivity contribution in [1.29, 1.82) is 0 Å². The van der Waals surface area contributed by atoms with Gasteiger partial charge in [-0.05, 0) is 30.2 Å². The number of aromatic carboxylic acids is 1. The normalized spacial score (nSPS) is 10.8. The molecule has 21 heavy (non-hydrogen) atoms. The standard InChI is InChI=1S/C14H16FN3O3/c1-9-7-11(15)4-3-10(9)8-18-12(5-6-21-2)13(14(19)20)16-17-18/h3-4,7H,5-6,8H2,1-2H3,(H,19,20). The van der Waals surface area contributed by atoms with Crippen LogP contribution in [0.15, 0.2) is 18.2 Å². The lowest BCUT2D eigenvalue weighted by Crippen LogP contribution is -2.12. The van der Waals surface area contributed by atoms with E-state index in [1.807, 2.05) is 0 Å². The molecule has 1 aromatic carbocycles. The quantitative estimate of drug-likeness (QED) is 0.876. The molecule has 2 rings (SSSR count). The molecule has 6 nitrogen and oxygen atoms in total. The number of ether oxygens (including phenoxy) is 1. The van der Waals surface area contributed by atoms with E-state index in [-0.39, 0.29) is 11.5 Å². The van der Waals surface area contributed by atoms with E-state index < -0.39 is 5.97 Å². The van der Waals surface area contributed by atoms with Gasteiger partial charge in [-0.3, -0.25) is 0 Å². The Morgan fingerprint density at radius 1 is 1.48 bits per heavy atom. The van der Waals surface area contributed by atoms with E-state index in [0.717, 1.165) is 11.1 Å². The van der Waals surface area contributed by atoms with Gasteiger partial charge >= 0.3 is 5.97 Å². The van der Waals surface area contributed by atoms with Crippen molar-refractivity contribution < 1.29 is 19.0 Å². The molecule has 0 amide bonds. The second kappa shape index (κ2) is 6.45. The average molecular weight is 293 g/mol. The zero-order chi connectivity index (χ0) is 15.4. The van der Waals surface area contributed by atoms with Crippen LogP contribution in [0.1, 0.15) is 27.3 Å². The molecule has 0 fully saturated rings. The third kappa shape index (κ3) is 3.43. The Balaban J connectivity index is 2.32. The summed E-state index contributed by atoms with van der Waals surface area (Å²) in [6.07, 6.45) is 0.394. The zero-order valence-corrected chi connectivity index (χ0v) is 11.8. The van der Waals surface area contributed by atoms with Gasteiger partial charge < -0.3 is 9.84 Å². The summed E-state index contributed by atoms with van der Waals surface area (Å²) < 4.78 is 19.6. The van der Waals surface area contributed by atoms with Gasteiger partial charge in [-0.25, -0.2) is 13.9 Å². The van der Waals surface area contributed by atoms with E-state index in [4.69, 9.17) is 9.84 Å². The molecule has 2 aromatic rings. The molecule has 0 saturated heterocycles. The van der Waals surface area contributed by atoms with Crippen LogP contribution in [-0.2, 0) is 17.7 Å². The fourth-order valence-electron chi connectivity index (χ4n) is 2.07. The van der Waals surface area contributed by atoms with Gasteiger partial charge in [0, 0.05) is 13.5 Å². The number of carbonyl (C=O) groups is 1. The second-order valence-electron chi connectivity index (χ2n) is 4.66. The molecule has 0 saturated carbocycles. The van der Waals surface area contributed by atoms with Gasteiger partial charge in [-0.15, -0.1) is 5.10 Å². The highest BCUT2D eigenvalue weighted by Crippen LogP contribution is 2.14. The number of aryl methyl sites for hydroxylation is 1. The summed E-state index contributed by atoms with van der Waals surface area (Å²) >= 11 is 0. The van der Waals surface area contributed by atoms with Crippen molar-refractivity contribution in [2.45, 2.75) is 19.9 Å². The Morgan fingerprint density at radius 3 is 2.86 bits per heavy atom. The summed E-state index contributed by atoms with van der Waals surface area (Å²) in [7, 11) is 1.54. The average Bonchev–Trinajstić information content (AvgIpc) is 2.82. The van der Waals surface area contributed by atoms with E-state index in [2.05, 4.69) is 10.3 Å². The second-order valence-corrected chi connectivity index (χ2v) is 4.66. The monoisotopic (exact) mass is 293 g/mol. The van der Waals surface area contributed by atoms with Gasteiger partial charge in [0.05, 0.1) is 18.8 Å². The van der Waals surface area contributed by atoms with Crippen molar-refractivity contribution in [3.63, 3.8) is 0 Å². The predicted molar refractivity (Wildman–Crippen MR) is 72.8 cm³/mol. The number of rotatable bonds is 6. The zero-order valence-electron chi connectivity index (χ0n) is 11.8. The smallest absolute Gasteiger partial charge is 0.358 e. The van der Waals surface area contributed by atoms with Gasteiger partial charge in [0.2, 0.25) is 0 Å². The molecular formula is C14H16FN3O3. The van der Waals surface area contributed by atoms with E-state index >= 15 is 0 Å². The maximum atomic E-state index is 13.1. The largest absolute Gasteiger partial charge is 0.476 e. The van der Waals surface area contributed by atoms with Crippen LogP contribution < -0.4 is 0 Å². The molecule has 0 aliphatic heterocycles. The molecule has 0 unspecified atom stereocenters. The van der Waals surface area contributed by atoms with Crippen LogP contribution in [0.5, 0.6) is 0 Å². The van der Waals surface area contributed by atoms with Gasteiger partial charge in [0.15, 0.2) is 5.69 Å². The molecule has 0 radical (unpaired) electrons. The molecule has 1 aromatic heterocycles. The third-order valence-corrected chi connectivity index (χ3v) is 3.21. The first kappa shape index (κ1) is 15.1. The fraction of sp³-hybridized carbons (Fsp3) is 0.357. The van der Waals surface area contributed by atoms with Crippen molar-refractivity contribution in [2.24, 2.45) is 0 Å². The summed E-state index contributed by atoms with van der Waals surface area (Å²) in [5.74, 6) is -1.43. The minimum atomic E-state index is -1.12. The van der Waals surface area contributed by atoms with Crippen LogP contribution in [0, 0.1) is 12.7 Å². The summed E-state index contributed by atoms with van der Waals surface area (Å²) in [4.78, 5) is 11.2. The molecule has 0 aliphatic rings. The Bertz CT molecular complexity index is 655. The van der Waals surface area contributed by atoms with Crippen LogP contribution in [0.3, 0.4) is 0 Å². The van der Waals surface area contributed by atoms with Crippen molar-refractivity contribution in [3.05, 3.63) is 46.5 Å². The highest BCUT2D eigenvalue weighted by molar-refractivity contribution is 5.86. The molecule has 0 atom stereocenters. The van der Waals surface area contributed by atoms with Crippen LogP contribution in [0.25, 0.3) is 0 Å². The van der Waals surface area contributed by atoms with Gasteiger partial charge in [-0.1, -0.05) is 11.3 Å². The molecule has 7 heteroatoms. The minimum absolute atomic E-state index is 0.0770. The number of hydrogen-bond acceptors (Lipinski definition) is 4. The van der Waals surface area contributed by atoms with Crippen LogP contribution in [-0.4, -0.2) is 39.8 Å². The Morgan fingerprint density at radius 2 is 2.24 bits per heavy atom.